The topological polar surface area (TPSA) is 104 Å². The van der Waals surface area contributed by atoms with Crippen molar-refractivity contribution in [2.24, 2.45) is 11.7 Å². The van der Waals surface area contributed by atoms with E-state index in [2.05, 4.69) is 0 Å². The molecule has 3 atom stereocenters. The molecule has 1 saturated heterocycles. The third-order valence-corrected chi connectivity index (χ3v) is 5.82. The third-order valence-electron chi connectivity index (χ3n) is 3.13. The second kappa shape index (κ2) is 5.74. The molecule has 0 aromatic heterocycles. The highest BCUT2D eigenvalue weighted by Crippen LogP contribution is 2.53. The fourth-order valence-corrected chi connectivity index (χ4v) is 4.89. The first kappa shape index (κ1) is 14.7. The Labute approximate surface area is 119 Å². The van der Waals surface area contributed by atoms with E-state index >= 15 is 0 Å². The van der Waals surface area contributed by atoms with Crippen LogP contribution in [0.4, 0.5) is 0 Å². The van der Waals surface area contributed by atoms with Gasteiger partial charge in [0.15, 0.2) is 5.70 Å². The molecule has 0 aromatic carbocycles. The molecule has 0 unspecified atom stereocenters. The van der Waals surface area contributed by atoms with E-state index in [-0.39, 0.29) is 17.0 Å². The number of nitrogens with two attached hydrogens (primary N) is 1. The Morgan fingerprint density at radius 1 is 1.63 bits per heavy atom. The zero-order chi connectivity index (χ0) is 14.2. The van der Waals surface area contributed by atoms with Crippen molar-refractivity contribution in [3.8, 4) is 0 Å². The van der Waals surface area contributed by atoms with Crippen LogP contribution >= 0.6 is 23.5 Å². The SMILES string of the molecule is CC[C@H](O)[C@@H]1C(=O)N2C(C(=O)O)=C(SCCN)S[C@H]12. The quantitative estimate of drug-likeness (QED) is 0.604. The van der Waals surface area contributed by atoms with Gasteiger partial charge in [0.2, 0.25) is 5.91 Å². The van der Waals surface area contributed by atoms with Gasteiger partial charge in [-0.15, -0.1) is 11.8 Å². The van der Waals surface area contributed by atoms with E-state index in [0.29, 0.717) is 23.0 Å². The highest BCUT2D eigenvalue weighted by Gasteiger charge is 2.58. The van der Waals surface area contributed by atoms with Crippen LogP contribution in [0.1, 0.15) is 13.3 Å². The number of fused-ring (bicyclic) bond motifs is 1. The van der Waals surface area contributed by atoms with Crippen LogP contribution < -0.4 is 5.73 Å². The number of carbonyl (C=O) groups is 2. The van der Waals surface area contributed by atoms with Crippen molar-refractivity contribution in [3.05, 3.63) is 9.93 Å². The molecular weight excluding hydrogens is 288 g/mol. The number of carbonyl (C=O) groups excluding carboxylic acids is 1. The molecule has 8 heteroatoms. The van der Waals surface area contributed by atoms with Crippen molar-refractivity contribution in [1.82, 2.24) is 4.90 Å². The Morgan fingerprint density at radius 3 is 2.84 bits per heavy atom. The number of aliphatic hydroxyl groups is 1. The average Bonchev–Trinajstić information content (AvgIpc) is 2.71. The van der Waals surface area contributed by atoms with Gasteiger partial charge in [0.1, 0.15) is 5.37 Å². The van der Waals surface area contributed by atoms with Crippen LogP contribution in [0, 0.1) is 5.92 Å². The summed E-state index contributed by atoms with van der Waals surface area (Å²) in [5, 5.41) is 18.8. The van der Waals surface area contributed by atoms with Crippen LogP contribution in [-0.2, 0) is 9.59 Å². The number of β-lactam (4-membered cyclic amide) rings is 1. The zero-order valence-electron chi connectivity index (χ0n) is 10.4. The number of carboxylic acid groups (broad SMARTS) is 1. The summed E-state index contributed by atoms with van der Waals surface area (Å²) < 4.78 is 0.613. The second-order valence-electron chi connectivity index (χ2n) is 4.30. The van der Waals surface area contributed by atoms with Crippen LogP contribution in [-0.4, -0.2) is 50.8 Å². The molecule has 2 heterocycles. The Morgan fingerprint density at radius 2 is 2.32 bits per heavy atom. The zero-order valence-corrected chi connectivity index (χ0v) is 12.0. The molecule has 2 rings (SSSR count). The van der Waals surface area contributed by atoms with E-state index < -0.39 is 18.0 Å². The van der Waals surface area contributed by atoms with Crippen LogP contribution in [0.5, 0.6) is 0 Å². The molecule has 0 saturated carbocycles. The first-order chi connectivity index (χ1) is 9.02. The summed E-state index contributed by atoms with van der Waals surface area (Å²) in [6.45, 7) is 2.25. The van der Waals surface area contributed by atoms with E-state index in [1.165, 1.54) is 28.4 Å². The lowest BCUT2D eigenvalue weighted by Gasteiger charge is -2.44. The number of aliphatic carboxylic acids is 1. The van der Waals surface area contributed by atoms with Crippen molar-refractivity contribution in [2.45, 2.75) is 24.8 Å². The summed E-state index contributed by atoms with van der Waals surface area (Å²) in [5.41, 5.74) is 5.46. The minimum atomic E-state index is -1.10. The van der Waals surface area contributed by atoms with Gasteiger partial charge in [-0.2, -0.15) is 0 Å². The molecule has 1 amide bonds. The lowest BCUT2D eigenvalue weighted by molar-refractivity contribution is -0.157. The molecular formula is C11H16N2O4S2. The minimum absolute atomic E-state index is 0.0398. The van der Waals surface area contributed by atoms with E-state index in [9.17, 15) is 19.8 Å². The van der Waals surface area contributed by atoms with E-state index in [1.807, 2.05) is 0 Å². The van der Waals surface area contributed by atoms with Gasteiger partial charge in [0, 0.05) is 12.3 Å². The van der Waals surface area contributed by atoms with Crippen LogP contribution in [0.25, 0.3) is 0 Å². The van der Waals surface area contributed by atoms with Gasteiger partial charge < -0.3 is 15.9 Å². The molecule has 4 N–H and O–H groups in total. The van der Waals surface area contributed by atoms with Crippen LogP contribution in [0.15, 0.2) is 9.93 Å². The van der Waals surface area contributed by atoms with Gasteiger partial charge in [0.25, 0.3) is 0 Å². The summed E-state index contributed by atoms with van der Waals surface area (Å²) in [6.07, 6.45) is -0.232. The first-order valence-electron chi connectivity index (χ1n) is 6.01. The molecule has 0 aliphatic carbocycles. The number of carboxylic acids is 1. The third kappa shape index (κ3) is 2.37. The molecule has 6 nitrogen and oxygen atoms in total. The minimum Gasteiger partial charge on any atom is -0.477 e. The van der Waals surface area contributed by atoms with E-state index in [1.54, 1.807) is 6.92 Å². The fraction of sp³-hybridized carbons (Fsp3) is 0.636. The summed E-state index contributed by atoms with van der Waals surface area (Å²) in [6, 6.07) is 0. The first-order valence-corrected chi connectivity index (χ1v) is 7.87. The number of aliphatic hydroxyl groups excluding tert-OH is 1. The number of rotatable bonds is 6. The van der Waals surface area contributed by atoms with Gasteiger partial charge in [-0.25, -0.2) is 4.79 Å². The summed E-state index contributed by atoms with van der Waals surface area (Å²) in [5.74, 6) is -1.30. The van der Waals surface area contributed by atoms with Gasteiger partial charge in [-0.05, 0) is 6.42 Å². The molecule has 2 aliphatic rings. The molecule has 2 aliphatic heterocycles. The van der Waals surface area contributed by atoms with Crippen molar-refractivity contribution in [3.63, 3.8) is 0 Å². The summed E-state index contributed by atoms with van der Waals surface area (Å²) in [7, 11) is 0. The number of nitrogens with zero attached hydrogens (tertiary/aromatic N) is 1. The molecule has 1 fully saturated rings. The predicted octanol–water partition coefficient (Wildman–Crippen LogP) is 0.234. The van der Waals surface area contributed by atoms with Gasteiger partial charge in [-0.1, -0.05) is 18.7 Å². The predicted molar refractivity (Wildman–Crippen MR) is 74.2 cm³/mol. The molecule has 19 heavy (non-hydrogen) atoms. The summed E-state index contributed by atoms with van der Waals surface area (Å²) >= 11 is 2.70. The average molecular weight is 304 g/mol. The Bertz CT molecular complexity index is 440. The highest BCUT2D eigenvalue weighted by atomic mass is 32.2. The van der Waals surface area contributed by atoms with E-state index in [0.717, 1.165) is 0 Å². The van der Waals surface area contributed by atoms with Crippen molar-refractivity contribution in [1.29, 1.82) is 0 Å². The second-order valence-corrected chi connectivity index (χ2v) is 6.79. The lowest BCUT2D eigenvalue weighted by atomic mass is 9.90. The standard InChI is InChI=1S/C11H16N2O4S2/c1-2-5(14)6-8(15)13-7(10(16)17)11(18-4-3-12)19-9(6)13/h5-6,9,14H,2-4,12H2,1H3,(H,16,17)/t5-,6+,9+/m0/s1. The van der Waals surface area contributed by atoms with Gasteiger partial charge >= 0.3 is 5.97 Å². The van der Waals surface area contributed by atoms with E-state index in [4.69, 9.17) is 5.73 Å². The Kier molecular flexibility index (Phi) is 4.44. The van der Waals surface area contributed by atoms with Crippen LogP contribution in [0.3, 0.4) is 0 Å². The molecule has 0 aromatic rings. The number of thioether (sulfide) groups is 2. The molecule has 0 spiro atoms. The van der Waals surface area contributed by atoms with Crippen molar-refractivity contribution >= 4 is 35.4 Å². The molecule has 0 radical (unpaired) electrons. The Hall–Kier alpha value is -0.700. The van der Waals surface area contributed by atoms with Gasteiger partial charge in [0.05, 0.1) is 16.3 Å². The normalized spacial score (nSPS) is 27.3. The summed E-state index contributed by atoms with van der Waals surface area (Å²) in [4.78, 5) is 24.6. The highest BCUT2D eigenvalue weighted by molar-refractivity contribution is 8.22. The Balaban J connectivity index is 2.19. The number of hydrogen-bond acceptors (Lipinski definition) is 6. The maximum atomic E-state index is 12.0. The monoisotopic (exact) mass is 304 g/mol. The largest absolute Gasteiger partial charge is 0.477 e. The maximum Gasteiger partial charge on any atom is 0.354 e. The van der Waals surface area contributed by atoms with Crippen LogP contribution in [0.2, 0.25) is 0 Å². The lowest BCUT2D eigenvalue weighted by Crippen LogP contribution is -2.61. The van der Waals surface area contributed by atoms with Crippen molar-refractivity contribution in [2.75, 3.05) is 12.3 Å². The molecule has 106 valence electrons. The fourth-order valence-electron chi connectivity index (χ4n) is 2.17. The van der Waals surface area contributed by atoms with Gasteiger partial charge in [-0.3, -0.25) is 9.69 Å². The number of amides is 1. The maximum absolute atomic E-state index is 12.0. The smallest absolute Gasteiger partial charge is 0.354 e. The molecule has 0 bridgehead atoms. The van der Waals surface area contributed by atoms with Crippen molar-refractivity contribution < 1.29 is 19.8 Å². The number of hydrogen-bond donors (Lipinski definition) is 3.